The molecule has 5 heteroatoms. The number of rotatable bonds is 6. The molecule has 2 aliphatic heterocycles. The Balaban J connectivity index is 1.94. The maximum atomic E-state index is 13.0. The highest BCUT2D eigenvalue weighted by Crippen LogP contribution is 2.33. The number of imide groups is 1. The third-order valence-corrected chi connectivity index (χ3v) is 4.61. The van der Waals surface area contributed by atoms with Crippen molar-refractivity contribution in [3.8, 4) is 0 Å². The van der Waals surface area contributed by atoms with E-state index in [-0.39, 0.29) is 11.8 Å². The van der Waals surface area contributed by atoms with Gasteiger partial charge >= 0.3 is 0 Å². The van der Waals surface area contributed by atoms with E-state index >= 15 is 0 Å². The summed E-state index contributed by atoms with van der Waals surface area (Å²) < 4.78 is 5.05. The topological polar surface area (TPSA) is 49.9 Å². The van der Waals surface area contributed by atoms with E-state index in [0.29, 0.717) is 30.8 Å². The van der Waals surface area contributed by atoms with Gasteiger partial charge in [0, 0.05) is 33.4 Å². The molecule has 1 aromatic carbocycles. The molecule has 5 nitrogen and oxygen atoms in total. The van der Waals surface area contributed by atoms with Gasteiger partial charge in [-0.05, 0) is 31.2 Å². The lowest BCUT2D eigenvalue weighted by Gasteiger charge is -2.29. The first-order chi connectivity index (χ1) is 11.7. The van der Waals surface area contributed by atoms with E-state index in [1.165, 1.54) is 11.3 Å². The molecular weight excluding hydrogens is 304 g/mol. The van der Waals surface area contributed by atoms with Crippen LogP contribution in [0.5, 0.6) is 0 Å². The van der Waals surface area contributed by atoms with Crippen LogP contribution in [0.3, 0.4) is 0 Å². The Morgan fingerprint density at radius 3 is 2.38 bits per heavy atom. The highest BCUT2D eigenvalue weighted by molar-refractivity contribution is 6.35. The Bertz CT molecular complexity index is 633. The molecule has 0 aliphatic carbocycles. The van der Waals surface area contributed by atoms with Crippen LogP contribution in [0.1, 0.15) is 31.2 Å². The zero-order valence-electron chi connectivity index (χ0n) is 14.2. The van der Waals surface area contributed by atoms with E-state index < -0.39 is 0 Å². The first-order valence-electron chi connectivity index (χ1n) is 8.64. The van der Waals surface area contributed by atoms with Gasteiger partial charge in [-0.2, -0.15) is 0 Å². The summed E-state index contributed by atoms with van der Waals surface area (Å²) in [6, 6.07) is 9.54. The van der Waals surface area contributed by atoms with Gasteiger partial charge in [0.05, 0.1) is 5.57 Å². The largest absolute Gasteiger partial charge is 0.385 e. The average molecular weight is 328 g/mol. The fraction of sp³-hybridized carbons (Fsp3) is 0.474. The van der Waals surface area contributed by atoms with E-state index in [2.05, 4.69) is 4.90 Å². The van der Waals surface area contributed by atoms with E-state index in [4.69, 9.17) is 4.74 Å². The standard InChI is InChI=1S/C19H24N2O3/c1-24-14-8-13-21-18(22)16(15-9-4-2-5-10-15)17(19(21)23)20-11-6-3-7-12-20/h2,4-5,9-10H,3,6-8,11-14H2,1H3. The molecule has 0 bridgehead atoms. The number of hydrogen-bond donors (Lipinski definition) is 0. The number of nitrogens with zero attached hydrogens (tertiary/aromatic N) is 2. The van der Waals surface area contributed by atoms with Gasteiger partial charge in [-0.25, -0.2) is 0 Å². The van der Waals surface area contributed by atoms with Crippen molar-refractivity contribution in [1.82, 2.24) is 9.80 Å². The molecule has 3 rings (SSSR count). The maximum Gasteiger partial charge on any atom is 0.277 e. The van der Waals surface area contributed by atoms with Crippen LogP contribution in [0.15, 0.2) is 36.0 Å². The Morgan fingerprint density at radius 1 is 1.00 bits per heavy atom. The number of carbonyl (C=O) groups excluding carboxylic acids is 2. The fourth-order valence-electron chi connectivity index (χ4n) is 3.41. The van der Waals surface area contributed by atoms with Crippen molar-refractivity contribution in [1.29, 1.82) is 0 Å². The van der Waals surface area contributed by atoms with E-state index in [1.807, 2.05) is 30.3 Å². The second-order valence-electron chi connectivity index (χ2n) is 6.25. The minimum absolute atomic E-state index is 0.156. The van der Waals surface area contributed by atoms with E-state index in [0.717, 1.165) is 31.5 Å². The Labute approximate surface area is 142 Å². The number of amides is 2. The van der Waals surface area contributed by atoms with Crippen LogP contribution in [-0.2, 0) is 14.3 Å². The van der Waals surface area contributed by atoms with Gasteiger partial charge in [0.1, 0.15) is 5.70 Å². The van der Waals surface area contributed by atoms with Crippen molar-refractivity contribution >= 4 is 17.4 Å². The lowest BCUT2D eigenvalue weighted by molar-refractivity contribution is -0.137. The number of likely N-dealkylation sites (tertiary alicyclic amines) is 1. The van der Waals surface area contributed by atoms with Gasteiger partial charge < -0.3 is 9.64 Å². The molecule has 2 amide bonds. The zero-order chi connectivity index (χ0) is 16.9. The number of carbonyl (C=O) groups is 2. The van der Waals surface area contributed by atoms with Gasteiger partial charge in [-0.15, -0.1) is 0 Å². The van der Waals surface area contributed by atoms with E-state index in [9.17, 15) is 9.59 Å². The maximum absolute atomic E-state index is 13.0. The minimum Gasteiger partial charge on any atom is -0.385 e. The second kappa shape index (κ2) is 7.62. The SMILES string of the molecule is COCCCN1C(=O)C(c2ccccc2)=C(N2CCCCC2)C1=O. The van der Waals surface area contributed by atoms with Gasteiger partial charge in [0.15, 0.2) is 0 Å². The summed E-state index contributed by atoms with van der Waals surface area (Å²) in [5, 5.41) is 0. The second-order valence-corrected chi connectivity index (χ2v) is 6.25. The third-order valence-electron chi connectivity index (χ3n) is 4.61. The first-order valence-corrected chi connectivity index (χ1v) is 8.64. The lowest BCUT2D eigenvalue weighted by atomic mass is 10.0. The smallest absolute Gasteiger partial charge is 0.277 e. The Hall–Kier alpha value is -2.14. The molecule has 1 aromatic rings. The van der Waals surface area contributed by atoms with Crippen LogP contribution >= 0.6 is 0 Å². The highest BCUT2D eigenvalue weighted by atomic mass is 16.5. The molecule has 0 radical (unpaired) electrons. The predicted molar refractivity (Wildman–Crippen MR) is 92.0 cm³/mol. The normalized spacial score (nSPS) is 18.7. The summed E-state index contributed by atoms with van der Waals surface area (Å²) in [7, 11) is 1.63. The number of ether oxygens (including phenoxy) is 1. The lowest BCUT2D eigenvalue weighted by Crippen LogP contribution is -2.37. The van der Waals surface area contributed by atoms with Crippen molar-refractivity contribution in [3.63, 3.8) is 0 Å². The molecule has 0 saturated carbocycles. The first kappa shape index (κ1) is 16.7. The molecule has 128 valence electrons. The molecule has 0 aromatic heterocycles. The monoisotopic (exact) mass is 328 g/mol. The van der Waals surface area contributed by atoms with Crippen LogP contribution in [0.4, 0.5) is 0 Å². The molecule has 0 spiro atoms. The molecule has 2 aliphatic rings. The molecule has 1 fully saturated rings. The van der Waals surface area contributed by atoms with Gasteiger partial charge in [-0.3, -0.25) is 14.5 Å². The molecular formula is C19H24N2O3. The highest BCUT2D eigenvalue weighted by Gasteiger charge is 2.41. The number of methoxy groups -OCH3 is 1. The van der Waals surface area contributed by atoms with Gasteiger partial charge in [0.2, 0.25) is 0 Å². The summed E-state index contributed by atoms with van der Waals surface area (Å²) in [5.41, 5.74) is 1.97. The Kier molecular flexibility index (Phi) is 5.30. The molecule has 0 N–H and O–H groups in total. The van der Waals surface area contributed by atoms with Crippen molar-refractivity contribution < 1.29 is 14.3 Å². The molecule has 0 atom stereocenters. The Morgan fingerprint density at radius 2 is 1.71 bits per heavy atom. The van der Waals surface area contributed by atoms with Crippen LogP contribution in [0.2, 0.25) is 0 Å². The van der Waals surface area contributed by atoms with Crippen LogP contribution in [0.25, 0.3) is 5.57 Å². The van der Waals surface area contributed by atoms with Gasteiger partial charge in [0.25, 0.3) is 11.8 Å². The van der Waals surface area contributed by atoms with Gasteiger partial charge in [-0.1, -0.05) is 30.3 Å². The van der Waals surface area contributed by atoms with Crippen LogP contribution in [0, 0.1) is 0 Å². The summed E-state index contributed by atoms with van der Waals surface area (Å²) >= 11 is 0. The number of piperidine rings is 1. The van der Waals surface area contributed by atoms with Crippen molar-refractivity contribution in [2.24, 2.45) is 0 Å². The average Bonchev–Trinajstić information content (AvgIpc) is 2.88. The number of benzene rings is 1. The fourth-order valence-corrected chi connectivity index (χ4v) is 3.41. The summed E-state index contributed by atoms with van der Waals surface area (Å²) in [4.78, 5) is 29.4. The quantitative estimate of drug-likeness (QED) is 0.594. The van der Waals surface area contributed by atoms with Crippen LogP contribution < -0.4 is 0 Å². The minimum atomic E-state index is -0.178. The van der Waals surface area contributed by atoms with Crippen molar-refractivity contribution in [2.75, 3.05) is 33.4 Å². The molecule has 0 unspecified atom stereocenters. The summed E-state index contributed by atoms with van der Waals surface area (Å²) in [6.45, 7) is 2.63. The van der Waals surface area contributed by atoms with Crippen LogP contribution in [-0.4, -0.2) is 55.0 Å². The molecule has 1 saturated heterocycles. The third kappa shape index (κ3) is 3.22. The van der Waals surface area contributed by atoms with Crippen molar-refractivity contribution in [3.05, 3.63) is 41.6 Å². The molecule has 2 heterocycles. The zero-order valence-corrected chi connectivity index (χ0v) is 14.2. The number of hydrogen-bond acceptors (Lipinski definition) is 4. The predicted octanol–water partition coefficient (Wildman–Crippen LogP) is 2.29. The summed E-state index contributed by atoms with van der Waals surface area (Å²) in [6.07, 6.45) is 3.97. The van der Waals surface area contributed by atoms with E-state index in [1.54, 1.807) is 7.11 Å². The molecule has 24 heavy (non-hydrogen) atoms. The van der Waals surface area contributed by atoms with Crippen molar-refractivity contribution in [2.45, 2.75) is 25.7 Å². The summed E-state index contributed by atoms with van der Waals surface area (Å²) in [5.74, 6) is -0.334.